The molecule has 2 aromatic heterocycles. The number of nitrogens with zero attached hydrogens (tertiary/aromatic N) is 2. The number of carboxylic acid groups (broad SMARTS) is 1. The van der Waals surface area contributed by atoms with E-state index in [4.69, 9.17) is 11.6 Å². The van der Waals surface area contributed by atoms with E-state index >= 15 is 0 Å². The molecular weight excluding hydrogens is 433 g/mol. The van der Waals surface area contributed by atoms with Crippen molar-refractivity contribution in [3.8, 4) is 11.3 Å². The van der Waals surface area contributed by atoms with Crippen LogP contribution in [0.15, 0.2) is 54.7 Å². The van der Waals surface area contributed by atoms with Crippen LogP contribution in [-0.4, -0.2) is 26.4 Å². The highest BCUT2D eigenvalue weighted by atomic mass is 35.5. The molecule has 0 saturated heterocycles. The van der Waals surface area contributed by atoms with Crippen molar-refractivity contribution < 1.29 is 19.1 Å². The van der Waals surface area contributed by atoms with E-state index in [2.05, 4.69) is 10.3 Å². The molecule has 0 unspecified atom stereocenters. The Morgan fingerprint density at radius 3 is 2.62 bits per heavy atom. The van der Waals surface area contributed by atoms with Crippen LogP contribution in [-0.2, 0) is 11.2 Å². The number of rotatable bonds is 5. The highest BCUT2D eigenvalue weighted by Crippen LogP contribution is 2.28. The molecule has 0 atom stereocenters. The second-order valence-corrected chi connectivity index (χ2v) is 7.94. The van der Waals surface area contributed by atoms with Crippen LogP contribution in [0, 0.1) is 19.7 Å². The van der Waals surface area contributed by atoms with Gasteiger partial charge < -0.3 is 14.8 Å². The Balaban J connectivity index is 1.72. The summed E-state index contributed by atoms with van der Waals surface area (Å²) in [6.07, 6.45) is 1.86. The van der Waals surface area contributed by atoms with Gasteiger partial charge in [-0.25, -0.2) is 14.2 Å². The maximum atomic E-state index is 13.8. The topological polar surface area (TPSA) is 83.7 Å². The summed E-state index contributed by atoms with van der Waals surface area (Å²) in [6, 6.07) is 12.8. The molecule has 8 heteroatoms. The molecule has 0 bridgehead atoms. The Labute approximate surface area is 188 Å². The number of imidazole rings is 1. The number of anilines is 1. The van der Waals surface area contributed by atoms with E-state index in [0.29, 0.717) is 33.8 Å². The Kier molecular flexibility index (Phi) is 5.67. The van der Waals surface area contributed by atoms with Crippen molar-refractivity contribution in [2.75, 3.05) is 5.32 Å². The number of carboxylic acids is 1. The van der Waals surface area contributed by atoms with Gasteiger partial charge in [0.25, 0.3) is 0 Å². The summed E-state index contributed by atoms with van der Waals surface area (Å²) in [7, 11) is 0. The number of carbonyl (C=O) groups is 2. The monoisotopic (exact) mass is 451 g/mol. The minimum Gasteiger partial charge on any atom is -0.478 e. The van der Waals surface area contributed by atoms with Gasteiger partial charge in [0, 0.05) is 17.4 Å². The van der Waals surface area contributed by atoms with Crippen molar-refractivity contribution >= 4 is 34.8 Å². The molecular formula is C24H19ClFN3O3. The van der Waals surface area contributed by atoms with Gasteiger partial charge in [-0.1, -0.05) is 17.7 Å². The molecule has 0 aliphatic heterocycles. The van der Waals surface area contributed by atoms with E-state index in [-0.39, 0.29) is 28.7 Å². The third-order valence-corrected chi connectivity index (χ3v) is 5.43. The lowest BCUT2D eigenvalue weighted by atomic mass is 10.1. The van der Waals surface area contributed by atoms with Crippen LogP contribution >= 0.6 is 11.6 Å². The van der Waals surface area contributed by atoms with Crippen molar-refractivity contribution in [1.82, 2.24) is 9.38 Å². The first-order valence-corrected chi connectivity index (χ1v) is 10.2. The lowest BCUT2D eigenvalue weighted by molar-refractivity contribution is -0.115. The number of carbonyl (C=O) groups excluding carboxylic acids is 1. The summed E-state index contributed by atoms with van der Waals surface area (Å²) in [6.45, 7) is 3.61. The van der Waals surface area contributed by atoms with Crippen LogP contribution < -0.4 is 5.32 Å². The average Bonchev–Trinajstić information content (AvgIpc) is 3.08. The number of fused-ring (bicyclic) bond motifs is 1. The van der Waals surface area contributed by atoms with Gasteiger partial charge >= 0.3 is 5.97 Å². The molecule has 0 radical (unpaired) electrons. The van der Waals surface area contributed by atoms with Crippen LogP contribution in [0.2, 0.25) is 5.02 Å². The third-order valence-electron chi connectivity index (χ3n) is 5.11. The number of pyridine rings is 1. The van der Waals surface area contributed by atoms with Gasteiger partial charge in [0.2, 0.25) is 5.91 Å². The lowest BCUT2D eigenvalue weighted by Crippen LogP contribution is -2.16. The minimum atomic E-state index is -1.18. The van der Waals surface area contributed by atoms with E-state index < -0.39 is 5.97 Å². The zero-order valence-electron chi connectivity index (χ0n) is 17.3. The smallest absolute Gasteiger partial charge is 0.337 e. The molecule has 4 rings (SSSR count). The Morgan fingerprint density at radius 2 is 1.91 bits per heavy atom. The highest BCUT2D eigenvalue weighted by Gasteiger charge is 2.19. The van der Waals surface area contributed by atoms with Gasteiger partial charge in [-0.2, -0.15) is 0 Å². The predicted molar refractivity (Wildman–Crippen MR) is 121 cm³/mol. The second kappa shape index (κ2) is 8.43. The normalized spacial score (nSPS) is 11.0. The molecule has 4 aromatic rings. The zero-order valence-corrected chi connectivity index (χ0v) is 18.1. The number of nitrogens with one attached hydrogen (secondary N) is 1. The van der Waals surface area contributed by atoms with Crippen LogP contribution in [0.4, 0.5) is 10.1 Å². The summed E-state index contributed by atoms with van der Waals surface area (Å²) in [4.78, 5) is 28.9. The van der Waals surface area contributed by atoms with E-state index in [9.17, 15) is 19.1 Å². The van der Waals surface area contributed by atoms with E-state index in [1.165, 1.54) is 24.3 Å². The SMILES string of the molecule is Cc1ccc2nc(-c3ccc(F)c(C)c3)c(CC(=O)Nc3ccc(Cl)c(C(=O)O)c3)n2c1. The molecule has 162 valence electrons. The van der Waals surface area contributed by atoms with Gasteiger partial charge in [0.1, 0.15) is 11.5 Å². The van der Waals surface area contributed by atoms with Crippen molar-refractivity contribution in [1.29, 1.82) is 0 Å². The van der Waals surface area contributed by atoms with Crippen LogP contribution in [0.3, 0.4) is 0 Å². The quantitative estimate of drug-likeness (QED) is 0.432. The molecule has 2 N–H and O–H groups in total. The molecule has 6 nitrogen and oxygen atoms in total. The van der Waals surface area contributed by atoms with Crippen LogP contribution in [0.5, 0.6) is 0 Å². The van der Waals surface area contributed by atoms with Crippen LogP contribution in [0.1, 0.15) is 27.2 Å². The summed E-state index contributed by atoms with van der Waals surface area (Å²) >= 11 is 5.90. The molecule has 0 aliphatic carbocycles. The number of hydrogen-bond donors (Lipinski definition) is 2. The fourth-order valence-electron chi connectivity index (χ4n) is 3.52. The molecule has 0 aliphatic rings. The maximum absolute atomic E-state index is 13.8. The number of halogens is 2. The number of benzene rings is 2. The minimum absolute atomic E-state index is 0.0264. The Bertz CT molecular complexity index is 1380. The standard InChI is InChI=1S/C24H19ClFN3O3/c1-13-3-8-21-28-23(15-4-7-19(26)14(2)9-15)20(29(21)12-13)11-22(30)27-16-5-6-18(25)17(10-16)24(31)32/h3-10,12H,11H2,1-2H3,(H,27,30)(H,31,32). The average molecular weight is 452 g/mol. The van der Waals surface area contributed by atoms with Crippen molar-refractivity contribution in [2.45, 2.75) is 20.3 Å². The number of hydrogen-bond acceptors (Lipinski definition) is 3. The molecule has 1 amide bonds. The zero-order chi connectivity index (χ0) is 23.0. The van der Waals surface area contributed by atoms with Gasteiger partial charge in [0.05, 0.1) is 28.4 Å². The van der Waals surface area contributed by atoms with E-state index in [1.807, 2.05) is 29.7 Å². The first kappa shape index (κ1) is 21.5. The second-order valence-electron chi connectivity index (χ2n) is 7.53. The first-order valence-electron chi connectivity index (χ1n) is 9.79. The van der Waals surface area contributed by atoms with Gasteiger partial charge in [-0.15, -0.1) is 0 Å². The van der Waals surface area contributed by atoms with Gasteiger partial charge in [-0.05, 0) is 67.4 Å². The van der Waals surface area contributed by atoms with Crippen molar-refractivity contribution in [3.63, 3.8) is 0 Å². The number of amides is 1. The molecule has 0 spiro atoms. The highest BCUT2D eigenvalue weighted by molar-refractivity contribution is 6.33. The van der Waals surface area contributed by atoms with Crippen molar-refractivity contribution in [3.05, 3.63) is 88.0 Å². The Hall–Kier alpha value is -3.71. The van der Waals surface area contributed by atoms with Crippen molar-refractivity contribution in [2.24, 2.45) is 0 Å². The molecule has 0 saturated carbocycles. The van der Waals surface area contributed by atoms with Crippen LogP contribution in [0.25, 0.3) is 16.9 Å². The summed E-state index contributed by atoms with van der Waals surface area (Å²) in [5.74, 6) is -1.85. The maximum Gasteiger partial charge on any atom is 0.337 e. The van der Waals surface area contributed by atoms with Gasteiger partial charge in [-0.3, -0.25) is 4.79 Å². The molecule has 0 fully saturated rings. The molecule has 2 aromatic carbocycles. The summed E-state index contributed by atoms with van der Waals surface area (Å²) in [5, 5.41) is 12.0. The largest absolute Gasteiger partial charge is 0.478 e. The lowest BCUT2D eigenvalue weighted by Gasteiger charge is -2.09. The summed E-state index contributed by atoms with van der Waals surface area (Å²) < 4.78 is 15.6. The van der Waals surface area contributed by atoms with Gasteiger partial charge in [0.15, 0.2) is 0 Å². The summed E-state index contributed by atoms with van der Waals surface area (Å²) in [5.41, 5.74) is 4.27. The van der Waals surface area contributed by atoms with E-state index in [1.54, 1.807) is 19.1 Å². The number of aromatic carboxylic acids is 1. The fourth-order valence-corrected chi connectivity index (χ4v) is 3.71. The Morgan fingerprint density at radius 1 is 1.12 bits per heavy atom. The third kappa shape index (κ3) is 4.20. The first-order chi connectivity index (χ1) is 15.2. The predicted octanol–water partition coefficient (Wildman–Crippen LogP) is 5.29. The van der Waals surface area contributed by atoms with E-state index in [0.717, 1.165) is 5.56 Å². The number of aryl methyl sites for hydroxylation is 2. The fraction of sp³-hybridized carbons (Fsp3) is 0.125. The molecule has 32 heavy (non-hydrogen) atoms. The number of aromatic nitrogens is 2. The molecule has 2 heterocycles.